The molecule has 0 spiro atoms. The van der Waals surface area contributed by atoms with Gasteiger partial charge in [0, 0.05) is 18.7 Å². The second-order valence-electron chi connectivity index (χ2n) is 7.07. The molecule has 0 unspecified atom stereocenters. The van der Waals surface area contributed by atoms with Gasteiger partial charge in [0.25, 0.3) is 0 Å². The minimum atomic E-state index is 0.0523. The van der Waals surface area contributed by atoms with Gasteiger partial charge in [0.2, 0.25) is 0 Å². The Morgan fingerprint density at radius 2 is 1.88 bits per heavy atom. The molecule has 0 radical (unpaired) electrons. The summed E-state index contributed by atoms with van der Waals surface area (Å²) in [6.07, 6.45) is 5.93. The van der Waals surface area contributed by atoms with Crippen LogP contribution in [0.2, 0.25) is 0 Å². The molecule has 2 aromatic carbocycles. The number of hydrogen-bond acceptors (Lipinski definition) is 3. The lowest BCUT2D eigenvalue weighted by Crippen LogP contribution is -2.27. The zero-order valence-electron chi connectivity index (χ0n) is 15.2. The third kappa shape index (κ3) is 3.33. The summed E-state index contributed by atoms with van der Waals surface area (Å²) in [5, 5.41) is 9.10. The number of fused-ring (bicyclic) bond motifs is 2. The number of likely N-dealkylation sites (tertiary alicyclic amines) is 1. The lowest BCUT2D eigenvalue weighted by Gasteiger charge is -2.27. The molecule has 0 aromatic heterocycles. The molecule has 2 aliphatic rings. The highest BCUT2D eigenvalue weighted by Gasteiger charge is 2.24. The Labute approximate surface area is 155 Å². The molecule has 3 nitrogen and oxygen atoms in total. The monoisotopic (exact) mass is 347 g/mol. The number of nitrogens with zero attached hydrogens (tertiary/aromatic N) is 1. The largest absolute Gasteiger partial charge is 0.488 e. The van der Waals surface area contributed by atoms with Crippen molar-refractivity contribution in [1.29, 1.82) is 0 Å². The maximum absolute atomic E-state index is 9.10. The van der Waals surface area contributed by atoms with Gasteiger partial charge in [-0.3, -0.25) is 0 Å². The van der Waals surface area contributed by atoms with Crippen molar-refractivity contribution in [1.82, 2.24) is 4.90 Å². The molecule has 2 heterocycles. The number of rotatable bonds is 2. The van der Waals surface area contributed by atoms with E-state index in [1.807, 2.05) is 6.08 Å². The van der Waals surface area contributed by atoms with Gasteiger partial charge in [-0.25, -0.2) is 0 Å². The van der Waals surface area contributed by atoms with Gasteiger partial charge in [-0.1, -0.05) is 48.1 Å². The topological polar surface area (TPSA) is 32.7 Å². The first kappa shape index (κ1) is 17.1. The Morgan fingerprint density at radius 1 is 1.08 bits per heavy atom. The molecule has 4 rings (SSSR count). The van der Waals surface area contributed by atoms with Crippen LogP contribution in [0.1, 0.15) is 35.1 Å². The number of ether oxygens (including phenoxy) is 1. The van der Waals surface area contributed by atoms with Crippen LogP contribution in [0.5, 0.6) is 5.75 Å². The van der Waals surface area contributed by atoms with Crippen LogP contribution in [0.15, 0.2) is 54.1 Å². The minimum Gasteiger partial charge on any atom is -0.488 e. The lowest BCUT2D eigenvalue weighted by molar-refractivity contribution is 0.307. The van der Waals surface area contributed by atoms with Crippen LogP contribution in [0, 0.1) is 0 Å². The number of benzene rings is 2. The summed E-state index contributed by atoms with van der Waals surface area (Å²) in [5.41, 5.74) is 7.68. The maximum atomic E-state index is 9.10. The quantitative estimate of drug-likeness (QED) is 0.887. The molecule has 1 fully saturated rings. The van der Waals surface area contributed by atoms with E-state index in [0.717, 1.165) is 37.2 Å². The van der Waals surface area contributed by atoms with Crippen LogP contribution < -0.4 is 4.74 Å². The molecule has 1 saturated heterocycles. The number of piperidine rings is 1. The molecule has 0 saturated carbocycles. The van der Waals surface area contributed by atoms with E-state index in [9.17, 15) is 0 Å². The van der Waals surface area contributed by atoms with E-state index < -0.39 is 0 Å². The van der Waals surface area contributed by atoms with Crippen LogP contribution in [-0.4, -0.2) is 36.8 Å². The zero-order valence-corrected chi connectivity index (χ0v) is 15.2. The SMILES string of the molecule is CN1CCC(=C2c3ccccc3COc3ccc(C=CCO)cc32)CC1. The summed E-state index contributed by atoms with van der Waals surface area (Å²) >= 11 is 0. The molecule has 2 aliphatic heterocycles. The maximum Gasteiger partial charge on any atom is 0.127 e. The minimum absolute atomic E-state index is 0.0523. The first-order valence-corrected chi connectivity index (χ1v) is 9.29. The van der Waals surface area contributed by atoms with Gasteiger partial charge in [0.1, 0.15) is 12.4 Å². The Balaban J connectivity index is 1.90. The van der Waals surface area contributed by atoms with Crippen LogP contribution in [0.25, 0.3) is 11.6 Å². The van der Waals surface area contributed by atoms with Crippen molar-refractivity contribution in [2.24, 2.45) is 0 Å². The van der Waals surface area contributed by atoms with Gasteiger partial charge in [-0.15, -0.1) is 0 Å². The Morgan fingerprint density at radius 3 is 2.69 bits per heavy atom. The fraction of sp³-hybridized carbons (Fsp3) is 0.304. The van der Waals surface area contributed by atoms with Crippen molar-refractivity contribution < 1.29 is 9.84 Å². The van der Waals surface area contributed by atoms with Crippen molar-refractivity contribution in [2.45, 2.75) is 19.4 Å². The standard InChI is InChI=1S/C23H25NO2/c1-24-12-10-18(11-13-24)23-20-7-3-2-6-19(20)16-26-22-9-8-17(5-4-14-25)15-21(22)23/h2-9,15,25H,10-14,16H2,1H3. The molecule has 0 aliphatic carbocycles. The van der Waals surface area contributed by atoms with Crippen molar-refractivity contribution in [2.75, 3.05) is 26.7 Å². The molecule has 1 N–H and O–H groups in total. The van der Waals surface area contributed by atoms with E-state index in [1.165, 1.54) is 27.8 Å². The molecular formula is C23H25NO2. The van der Waals surface area contributed by atoms with Gasteiger partial charge in [0.05, 0.1) is 6.61 Å². The molecule has 0 atom stereocenters. The number of hydrogen-bond donors (Lipinski definition) is 1. The zero-order chi connectivity index (χ0) is 17.9. The van der Waals surface area contributed by atoms with E-state index in [4.69, 9.17) is 9.84 Å². The third-order valence-corrected chi connectivity index (χ3v) is 5.30. The van der Waals surface area contributed by atoms with Crippen molar-refractivity contribution >= 4 is 11.6 Å². The summed E-state index contributed by atoms with van der Waals surface area (Å²) < 4.78 is 6.16. The van der Waals surface area contributed by atoms with E-state index in [1.54, 1.807) is 6.08 Å². The summed E-state index contributed by atoms with van der Waals surface area (Å²) in [6.45, 7) is 2.85. The molecule has 2 aromatic rings. The number of aliphatic hydroxyl groups excluding tert-OH is 1. The highest BCUT2D eigenvalue weighted by molar-refractivity contribution is 5.88. The fourth-order valence-electron chi connectivity index (χ4n) is 3.87. The summed E-state index contributed by atoms with van der Waals surface area (Å²) in [5.74, 6) is 0.948. The van der Waals surface area contributed by atoms with E-state index in [2.05, 4.69) is 54.4 Å². The third-order valence-electron chi connectivity index (χ3n) is 5.30. The first-order valence-electron chi connectivity index (χ1n) is 9.29. The first-order chi connectivity index (χ1) is 12.8. The van der Waals surface area contributed by atoms with Gasteiger partial charge in [-0.05, 0) is 54.3 Å². The average Bonchev–Trinajstić information content (AvgIpc) is 2.84. The van der Waals surface area contributed by atoms with Crippen LogP contribution in [0.4, 0.5) is 0 Å². The molecule has 0 amide bonds. The predicted octanol–water partition coefficient (Wildman–Crippen LogP) is 4.11. The fourth-order valence-corrected chi connectivity index (χ4v) is 3.87. The molecule has 26 heavy (non-hydrogen) atoms. The van der Waals surface area contributed by atoms with Crippen molar-refractivity contribution in [3.8, 4) is 5.75 Å². The Kier molecular flexibility index (Phi) is 4.91. The number of aliphatic hydroxyl groups is 1. The van der Waals surface area contributed by atoms with Gasteiger partial charge in [0.15, 0.2) is 0 Å². The summed E-state index contributed by atoms with van der Waals surface area (Å²) in [6, 6.07) is 14.9. The van der Waals surface area contributed by atoms with Crippen LogP contribution in [-0.2, 0) is 6.61 Å². The Hall–Kier alpha value is -2.36. The smallest absolute Gasteiger partial charge is 0.127 e. The Bertz CT molecular complexity index is 856. The van der Waals surface area contributed by atoms with Crippen LogP contribution >= 0.6 is 0 Å². The van der Waals surface area contributed by atoms with E-state index in [-0.39, 0.29) is 6.61 Å². The molecule has 3 heteroatoms. The molecular weight excluding hydrogens is 322 g/mol. The lowest BCUT2D eigenvalue weighted by atomic mass is 9.86. The van der Waals surface area contributed by atoms with Crippen molar-refractivity contribution in [3.63, 3.8) is 0 Å². The summed E-state index contributed by atoms with van der Waals surface area (Å²) in [4.78, 5) is 2.39. The normalized spacial score (nSPS) is 17.6. The highest BCUT2D eigenvalue weighted by atomic mass is 16.5. The van der Waals surface area contributed by atoms with Gasteiger partial charge < -0.3 is 14.7 Å². The average molecular weight is 347 g/mol. The van der Waals surface area contributed by atoms with E-state index in [0.29, 0.717) is 6.61 Å². The van der Waals surface area contributed by atoms with Gasteiger partial charge in [-0.2, -0.15) is 0 Å². The predicted molar refractivity (Wildman–Crippen MR) is 106 cm³/mol. The molecule has 0 bridgehead atoms. The summed E-state index contributed by atoms with van der Waals surface area (Å²) in [7, 11) is 2.19. The highest BCUT2D eigenvalue weighted by Crippen LogP contribution is 2.41. The van der Waals surface area contributed by atoms with Gasteiger partial charge >= 0.3 is 0 Å². The molecule has 134 valence electrons. The second kappa shape index (κ2) is 7.48. The van der Waals surface area contributed by atoms with Crippen molar-refractivity contribution in [3.05, 3.63) is 76.4 Å². The second-order valence-corrected chi connectivity index (χ2v) is 7.07. The van der Waals surface area contributed by atoms with E-state index >= 15 is 0 Å². The van der Waals surface area contributed by atoms with Crippen LogP contribution in [0.3, 0.4) is 0 Å².